The molecule has 3 rings (SSSR count). The van der Waals surface area contributed by atoms with Crippen molar-refractivity contribution < 1.29 is 18.7 Å². The number of urea groups is 1. The highest BCUT2D eigenvalue weighted by Crippen LogP contribution is 2.36. The Labute approximate surface area is 130 Å². The molecule has 1 spiro atoms. The van der Waals surface area contributed by atoms with E-state index in [0.717, 1.165) is 38.1 Å². The lowest BCUT2D eigenvalue weighted by Gasteiger charge is -2.47. The van der Waals surface area contributed by atoms with Gasteiger partial charge in [0.1, 0.15) is 5.76 Å². The Morgan fingerprint density at radius 1 is 1.50 bits per heavy atom. The third-order valence-electron chi connectivity index (χ3n) is 4.76. The lowest BCUT2D eigenvalue weighted by atomic mass is 9.82. The standard InChI is InChI=1S/C16H24N2O4/c1-20-14-5-3-11-22-16(14)6-8-18(9-7-16)15(19)17-12-13-4-2-10-21-13/h2,4,10,14H,3,5-9,11-12H2,1H3,(H,17,19)/t14-/m1/s1. The number of likely N-dealkylation sites (tertiary alicyclic amines) is 1. The van der Waals surface area contributed by atoms with Crippen LogP contribution in [0, 0.1) is 0 Å². The van der Waals surface area contributed by atoms with E-state index >= 15 is 0 Å². The minimum atomic E-state index is -0.204. The maximum absolute atomic E-state index is 12.2. The van der Waals surface area contributed by atoms with Gasteiger partial charge in [0.2, 0.25) is 0 Å². The molecule has 1 aromatic rings. The second-order valence-corrected chi connectivity index (χ2v) is 6.00. The Morgan fingerprint density at radius 3 is 3.00 bits per heavy atom. The molecule has 1 N–H and O–H groups in total. The van der Waals surface area contributed by atoms with Gasteiger partial charge in [0.25, 0.3) is 0 Å². The van der Waals surface area contributed by atoms with Crippen LogP contribution in [0.4, 0.5) is 4.79 Å². The van der Waals surface area contributed by atoms with Crippen LogP contribution >= 0.6 is 0 Å². The van der Waals surface area contributed by atoms with E-state index in [1.807, 2.05) is 17.0 Å². The Kier molecular flexibility index (Phi) is 4.69. The molecule has 22 heavy (non-hydrogen) atoms. The van der Waals surface area contributed by atoms with Crippen LogP contribution in [0.2, 0.25) is 0 Å². The van der Waals surface area contributed by atoms with Crippen molar-refractivity contribution in [1.29, 1.82) is 0 Å². The first-order chi connectivity index (χ1) is 10.7. The molecule has 0 aliphatic carbocycles. The van der Waals surface area contributed by atoms with Crippen LogP contribution in [0.25, 0.3) is 0 Å². The summed E-state index contributed by atoms with van der Waals surface area (Å²) >= 11 is 0. The smallest absolute Gasteiger partial charge is 0.317 e. The molecular formula is C16H24N2O4. The van der Waals surface area contributed by atoms with Gasteiger partial charge >= 0.3 is 6.03 Å². The van der Waals surface area contributed by atoms with E-state index in [4.69, 9.17) is 13.9 Å². The van der Waals surface area contributed by atoms with Gasteiger partial charge in [-0.15, -0.1) is 0 Å². The molecule has 0 unspecified atom stereocenters. The van der Waals surface area contributed by atoms with Gasteiger partial charge in [0, 0.05) is 26.8 Å². The van der Waals surface area contributed by atoms with Gasteiger partial charge in [-0.2, -0.15) is 0 Å². The molecule has 0 radical (unpaired) electrons. The first kappa shape index (κ1) is 15.4. The van der Waals surface area contributed by atoms with E-state index in [2.05, 4.69) is 5.32 Å². The minimum absolute atomic E-state index is 0.0453. The molecule has 2 amide bonds. The number of carbonyl (C=O) groups is 1. The summed E-state index contributed by atoms with van der Waals surface area (Å²) in [5.41, 5.74) is -0.204. The molecule has 2 fully saturated rings. The van der Waals surface area contributed by atoms with Gasteiger partial charge in [-0.25, -0.2) is 4.79 Å². The highest BCUT2D eigenvalue weighted by atomic mass is 16.5. The predicted molar refractivity (Wildman–Crippen MR) is 80.5 cm³/mol. The topological polar surface area (TPSA) is 63.9 Å². The molecule has 0 bridgehead atoms. The lowest BCUT2D eigenvalue weighted by molar-refractivity contribution is -0.183. The number of hydrogen-bond donors (Lipinski definition) is 1. The van der Waals surface area contributed by atoms with Gasteiger partial charge < -0.3 is 24.1 Å². The Bertz CT molecular complexity index is 480. The number of carbonyl (C=O) groups excluding carboxylic acids is 1. The normalized spacial score (nSPS) is 24.4. The summed E-state index contributed by atoms with van der Waals surface area (Å²) in [6.07, 6.45) is 5.51. The maximum Gasteiger partial charge on any atom is 0.317 e. The zero-order chi connectivity index (χ0) is 15.4. The number of ether oxygens (including phenoxy) is 2. The maximum atomic E-state index is 12.2. The molecule has 122 valence electrons. The van der Waals surface area contributed by atoms with Crippen LogP contribution in [0.3, 0.4) is 0 Å². The van der Waals surface area contributed by atoms with E-state index in [-0.39, 0.29) is 17.7 Å². The highest BCUT2D eigenvalue weighted by molar-refractivity contribution is 5.74. The number of nitrogens with zero attached hydrogens (tertiary/aromatic N) is 1. The number of furan rings is 1. The van der Waals surface area contributed by atoms with E-state index in [0.29, 0.717) is 19.6 Å². The van der Waals surface area contributed by atoms with Crippen molar-refractivity contribution in [1.82, 2.24) is 10.2 Å². The number of rotatable bonds is 3. The first-order valence-electron chi connectivity index (χ1n) is 7.95. The van der Waals surface area contributed by atoms with Crippen molar-refractivity contribution in [3.63, 3.8) is 0 Å². The summed E-state index contributed by atoms with van der Waals surface area (Å²) in [6, 6.07) is 3.62. The molecule has 3 heterocycles. The van der Waals surface area contributed by atoms with Crippen molar-refractivity contribution in [3.05, 3.63) is 24.2 Å². The van der Waals surface area contributed by atoms with Crippen molar-refractivity contribution in [2.45, 2.75) is 43.9 Å². The van der Waals surface area contributed by atoms with Gasteiger partial charge in [0.15, 0.2) is 0 Å². The van der Waals surface area contributed by atoms with E-state index in [9.17, 15) is 4.79 Å². The molecule has 6 nitrogen and oxygen atoms in total. The number of methoxy groups -OCH3 is 1. The van der Waals surface area contributed by atoms with Crippen LogP contribution in [0.1, 0.15) is 31.4 Å². The second kappa shape index (κ2) is 6.71. The number of nitrogens with one attached hydrogen (secondary N) is 1. The fraction of sp³-hybridized carbons (Fsp3) is 0.688. The van der Waals surface area contributed by atoms with Crippen molar-refractivity contribution in [3.8, 4) is 0 Å². The van der Waals surface area contributed by atoms with Crippen LogP contribution in [0.5, 0.6) is 0 Å². The molecular weight excluding hydrogens is 284 g/mol. The quantitative estimate of drug-likeness (QED) is 0.929. The molecule has 0 saturated carbocycles. The van der Waals surface area contributed by atoms with Gasteiger partial charge in [0.05, 0.1) is 24.5 Å². The average Bonchev–Trinajstić information content (AvgIpc) is 3.07. The third-order valence-corrected chi connectivity index (χ3v) is 4.76. The number of amides is 2. The Morgan fingerprint density at radius 2 is 2.32 bits per heavy atom. The summed E-state index contributed by atoms with van der Waals surface area (Å²) < 4.78 is 16.9. The Hall–Kier alpha value is -1.53. The van der Waals surface area contributed by atoms with Crippen molar-refractivity contribution in [2.75, 3.05) is 26.8 Å². The van der Waals surface area contributed by atoms with Crippen LogP contribution in [-0.2, 0) is 16.0 Å². The molecule has 1 atom stereocenters. The van der Waals surface area contributed by atoms with Crippen molar-refractivity contribution >= 4 is 6.03 Å². The molecule has 6 heteroatoms. The van der Waals surface area contributed by atoms with Crippen LogP contribution in [0.15, 0.2) is 22.8 Å². The fourth-order valence-electron chi connectivity index (χ4n) is 3.48. The number of hydrogen-bond acceptors (Lipinski definition) is 4. The summed E-state index contributed by atoms with van der Waals surface area (Å²) in [6.45, 7) is 2.61. The fourth-order valence-corrected chi connectivity index (χ4v) is 3.48. The summed E-state index contributed by atoms with van der Waals surface area (Å²) in [7, 11) is 1.75. The first-order valence-corrected chi connectivity index (χ1v) is 7.95. The summed E-state index contributed by atoms with van der Waals surface area (Å²) in [5, 5.41) is 2.89. The molecule has 1 aromatic heterocycles. The molecule has 2 saturated heterocycles. The lowest BCUT2D eigenvalue weighted by Crippen LogP contribution is -2.57. The van der Waals surface area contributed by atoms with E-state index in [1.54, 1.807) is 13.4 Å². The number of piperidine rings is 1. The average molecular weight is 308 g/mol. The SMILES string of the molecule is CO[C@@H]1CCCOC12CCN(C(=O)NCc1ccco1)CC2. The monoisotopic (exact) mass is 308 g/mol. The molecule has 2 aliphatic rings. The zero-order valence-corrected chi connectivity index (χ0v) is 13.0. The van der Waals surface area contributed by atoms with E-state index < -0.39 is 0 Å². The zero-order valence-electron chi connectivity index (χ0n) is 13.0. The second-order valence-electron chi connectivity index (χ2n) is 6.00. The highest BCUT2D eigenvalue weighted by Gasteiger charge is 2.45. The predicted octanol–water partition coefficient (Wildman–Crippen LogP) is 2.15. The summed E-state index contributed by atoms with van der Waals surface area (Å²) in [5.74, 6) is 0.761. The van der Waals surface area contributed by atoms with Gasteiger partial charge in [-0.1, -0.05) is 0 Å². The summed E-state index contributed by atoms with van der Waals surface area (Å²) in [4.78, 5) is 14.1. The van der Waals surface area contributed by atoms with Gasteiger partial charge in [-0.05, 0) is 37.8 Å². The molecule has 2 aliphatic heterocycles. The van der Waals surface area contributed by atoms with Crippen LogP contribution < -0.4 is 5.32 Å². The van der Waals surface area contributed by atoms with Crippen molar-refractivity contribution in [2.24, 2.45) is 0 Å². The van der Waals surface area contributed by atoms with Gasteiger partial charge in [-0.3, -0.25) is 0 Å². The third kappa shape index (κ3) is 3.13. The largest absolute Gasteiger partial charge is 0.467 e. The van der Waals surface area contributed by atoms with Crippen LogP contribution in [-0.4, -0.2) is 49.4 Å². The van der Waals surface area contributed by atoms with E-state index in [1.165, 1.54) is 0 Å². The Balaban J connectivity index is 1.51. The molecule has 0 aromatic carbocycles. The minimum Gasteiger partial charge on any atom is -0.467 e.